The number of nitrogens with one attached hydrogen (secondary N) is 1. The zero-order valence-electron chi connectivity index (χ0n) is 10.7. The Labute approximate surface area is 107 Å². The molecule has 1 fully saturated rings. The van der Waals surface area contributed by atoms with Crippen molar-refractivity contribution < 1.29 is 14.6 Å². The van der Waals surface area contributed by atoms with Crippen LogP contribution >= 0.6 is 0 Å². The third kappa shape index (κ3) is 2.91. The minimum absolute atomic E-state index is 0.0880. The summed E-state index contributed by atoms with van der Waals surface area (Å²) >= 11 is 0. The summed E-state index contributed by atoms with van der Waals surface area (Å²) in [5.41, 5.74) is 0.431. The van der Waals surface area contributed by atoms with E-state index in [2.05, 4.69) is 5.32 Å². The van der Waals surface area contributed by atoms with E-state index in [9.17, 15) is 9.90 Å². The van der Waals surface area contributed by atoms with E-state index in [0.29, 0.717) is 25.3 Å². The van der Waals surface area contributed by atoms with Gasteiger partial charge in [0.05, 0.1) is 12.2 Å². The number of amides is 1. The van der Waals surface area contributed by atoms with Crippen LogP contribution < -0.4 is 5.32 Å². The summed E-state index contributed by atoms with van der Waals surface area (Å²) in [6, 6.07) is 1.78. The van der Waals surface area contributed by atoms with Crippen LogP contribution in [0, 0.1) is 5.41 Å². The first-order chi connectivity index (χ1) is 8.65. The summed E-state index contributed by atoms with van der Waals surface area (Å²) < 4.78 is 7.13. The Hall–Kier alpha value is -1.33. The van der Waals surface area contributed by atoms with Gasteiger partial charge in [-0.1, -0.05) is 0 Å². The van der Waals surface area contributed by atoms with Crippen molar-refractivity contribution in [2.75, 3.05) is 26.4 Å². The van der Waals surface area contributed by atoms with Gasteiger partial charge in [0.15, 0.2) is 0 Å². The molecule has 1 aromatic rings. The molecular formula is C13H20N2O3. The van der Waals surface area contributed by atoms with Crippen molar-refractivity contribution in [3.8, 4) is 0 Å². The summed E-state index contributed by atoms with van der Waals surface area (Å²) in [5, 5.41) is 12.4. The third-order valence-electron chi connectivity index (χ3n) is 3.61. The maximum absolute atomic E-state index is 11.9. The van der Waals surface area contributed by atoms with E-state index in [0.717, 1.165) is 12.8 Å². The molecule has 2 heterocycles. The summed E-state index contributed by atoms with van der Waals surface area (Å²) in [6.45, 7) is 1.90. The maximum atomic E-state index is 11.9. The highest BCUT2D eigenvalue weighted by atomic mass is 16.5. The largest absolute Gasteiger partial charge is 0.396 e. The Balaban J connectivity index is 1.91. The fourth-order valence-electron chi connectivity index (χ4n) is 2.20. The molecule has 1 amide bonds. The standard InChI is InChI=1S/C13H20N2O3/c1-15-5-2-11(8-15)12(17)14-9-13(10-16)3-6-18-7-4-13/h2,5,8,16H,3-4,6-7,9-10H2,1H3,(H,14,17). The number of carbonyl (C=O) groups is 1. The number of hydrogen-bond donors (Lipinski definition) is 2. The van der Waals surface area contributed by atoms with E-state index < -0.39 is 0 Å². The quantitative estimate of drug-likeness (QED) is 0.822. The zero-order chi connectivity index (χ0) is 13.0. The Morgan fingerprint density at radius 1 is 1.56 bits per heavy atom. The summed E-state index contributed by atoms with van der Waals surface area (Å²) in [4.78, 5) is 11.9. The number of nitrogens with zero attached hydrogens (tertiary/aromatic N) is 1. The van der Waals surface area contributed by atoms with Gasteiger partial charge >= 0.3 is 0 Å². The van der Waals surface area contributed by atoms with Crippen molar-refractivity contribution in [1.29, 1.82) is 0 Å². The van der Waals surface area contributed by atoms with Crippen LogP contribution in [0.2, 0.25) is 0 Å². The molecule has 100 valence electrons. The first-order valence-corrected chi connectivity index (χ1v) is 6.24. The van der Waals surface area contributed by atoms with Crippen molar-refractivity contribution >= 4 is 5.91 Å². The second-order valence-corrected chi connectivity index (χ2v) is 5.02. The predicted octanol–water partition coefficient (Wildman–Crippen LogP) is 0.544. The van der Waals surface area contributed by atoms with Crippen molar-refractivity contribution in [3.05, 3.63) is 24.0 Å². The number of aliphatic hydroxyl groups excluding tert-OH is 1. The van der Waals surface area contributed by atoms with Crippen LogP contribution in [-0.4, -0.2) is 41.9 Å². The molecule has 1 aromatic heterocycles. The van der Waals surface area contributed by atoms with Crippen LogP contribution in [-0.2, 0) is 11.8 Å². The van der Waals surface area contributed by atoms with Crippen LogP contribution in [0.5, 0.6) is 0 Å². The highest BCUT2D eigenvalue weighted by Crippen LogP contribution is 2.29. The first-order valence-electron chi connectivity index (χ1n) is 6.24. The lowest BCUT2D eigenvalue weighted by molar-refractivity contribution is -0.0146. The van der Waals surface area contributed by atoms with Crippen molar-refractivity contribution in [1.82, 2.24) is 9.88 Å². The lowest BCUT2D eigenvalue weighted by atomic mass is 9.81. The fraction of sp³-hybridized carbons (Fsp3) is 0.615. The molecule has 2 rings (SSSR count). The average molecular weight is 252 g/mol. The monoisotopic (exact) mass is 252 g/mol. The first kappa shape index (κ1) is 13.1. The number of aromatic nitrogens is 1. The van der Waals surface area contributed by atoms with Gasteiger partial charge in [-0.2, -0.15) is 0 Å². The topological polar surface area (TPSA) is 63.5 Å². The molecule has 5 heteroatoms. The smallest absolute Gasteiger partial charge is 0.252 e. The van der Waals surface area contributed by atoms with Crippen LogP contribution in [0.15, 0.2) is 18.5 Å². The molecule has 0 radical (unpaired) electrons. The van der Waals surface area contributed by atoms with Crippen molar-refractivity contribution in [2.45, 2.75) is 12.8 Å². The van der Waals surface area contributed by atoms with Gasteiger partial charge in [0.25, 0.3) is 5.91 Å². The van der Waals surface area contributed by atoms with Gasteiger partial charge in [0.2, 0.25) is 0 Å². The second kappa shape index (κ2) is 5.54. The normalized spacial score (nSPS) is 18.6. The van der Waals surface area contributed by atoms with Crippen LogP contribution in [0.4, 0.5) is 0 Å². The molecule has 0 atom stereocenters. The van der Waals surface area contributed by atoms with Crippen LogP contribution in [0.1, 0.15) is 23.2 Å². The van der Waals surface area contributed by atoms with Crippen molar-refractivity contribution in [2.24, 2.45) is 12.5 Å². The van der Waals surface area contributed by atoms with Gasteiger partial charge in [0.1, 0.15) is 0 Å². The van der Waals surface area contributed by atoms with E-state index in [1.165, 1.54) is 0 Å². The lowest BCUT2D eigenvalue weighted by Gasteiger charge is -2.35. The molecule has 2 N–H and O–H groups in total. The highest BCUT2D eigenvalue weighted by Gasteiger charge is 2.32. The fourth-order valence-corrected chi connectivity index (χ4v) is 2.20. The molecule has 0 aromatic carbocycles. The minimum Gasteiger partial charge on any atom is -0.396 e. The van der Waals surface area contributed by atoms with Gasteiger partial charge < -0.3 is 19.7 Å². The Kier molecular flexibility index (Phi) is 4.04. The maximum Gasteiger partial charge on any atom is 0.252 e. The predicted molar refractivity (Wildman–Crippen MR) is 67.3 cm³/mol. The molecule has 1 aliphatic heterocycles. The molecule has 5 nitrogen and oxygen atoms in total. The average Bonchev–Trinajstić information content (AvgIpc) is 2.84. The molecule has 18 heavy (non-hydrogen) atoms. The Morgan fingerprint density at radius 3 is 2.83 bits per heavy atom. The van der Waals surface area contributed by atoms with Gasteiger partial charge in [0, 0.05) is 44.6 Å². The zero-order valence-corrected chi connectivity index (χ0v) is 10.7. The van der Waals surface area contributed by atoms with Gasteiger partial charge in [-0.15, -0.1) is 0 Å². The highest BCUT2D eigenvalue weighted by molar-refractivity contribution is 5.94. The molecule has 0 aliphatic carbocycles. The molecular weight excluding hydrogens is 232 g/mol. The SMILES string of the molecule is Cn1ccc(C(=O)NCC2(CO)CCOCC2)c1. The number of hydrogen-bond acceptors (Lipinski definition) is 3. The van der Waals surface area contributed by atoms with Crippen molar-refractivity contribution in [3.63, 3.8) is 0 Å². The van der Waals surface area contributed by atoms with Crippen LogP contribution in [0.25, 0.3) is 0 Å². The molecule has 0 unspecified atom stereocenters. The number of rotatable bonds is 4. The summed E-state index contributed by atoms with van der Waals surface area (Å²) in [6.07, 6.45) is 5.20. The molecule has 0 bridgehead atoms. The summed E-state index contributed by atoms with van der Waals surface area (Å²) in [7, 11) is 1.88. The number of aryl methyl sites for hydroxylation is 1. The van der Waals surface area contributed by atoms with E-state index in [-0.39, 0.29) is 17.9 Å². The number of aliphatic hydroxyl groups is 1. The van der Waals surface area contributed by atoms with E-state index in [1.807, 2.05) is 17.8 Å². The van der Waals surface area contributed by atoms with Crippen LogP contribution in [0.3, 0.4) is 0 Å². The van der Waals surface area contributed by atoms with E-state index in [4.69, 9.17) is 4.74 Å². The molecule has 0 spiro atoms. The Morgan fingerprint density at radius 2 is 2.28 bits per heavy atom. The van der Waals surface area contributed by atoms with Gasteiger partial charge in [-0.3, -0.25) is 4.79 Å². The number of carbonyl (C=O) groups excluding carboxylic acids is 1. The van der Waals surface area contributed by atoms with E-state index >= 15 is 0 Å². The molecule has 1 saturated heterocycles. The Bertz CT molecular complexity index is 408. The number of ether oxygens (including phenoxy) is 1. The second-order valence-electron chi connectivity index (χ2n) is 5.02. The van der Waals surface area contributed by atoms with E-state index in [1.54, 1.807) is 12.3 Å². The molecule has 1 aliphatic rings. The summed E-state index contributed by atoms with van der Waals surface area (Å²) in [5.74, 6) is -0.0880. The lowest BCUT2D eigenvalue weighted by Crippen LogP contribution is -2.43. The molecule has 0 saturated carbocycles. The van der Waals surface area contributed by atoms with Gasteiger partial charge in [-0.25, -0.2) is 0 Å². The van der Waals surface area contributed by atoms with Gasteiger partial charge in [-0.05, 0) is 18.9 Å². The minimum atomic E-state index is -0.220. The third-order valence-corrected chi connectivity index (χ3v) is 3.61.